The van der Waals surface area contributed by atoms with Crippen molar-refractivity contribution in [2.24, 2.45) is 0 Å². The van der Waals surface area contributed by atoms with Gasteiger partial charge in [-0.15, -0.1) is 0 Å². The van der Waals surface area contributed by atoms with Gasteiger partial charge in [-0.3, -0.25) is 4.79 Å². The predicted octanol–water partition coefficient (Wildman–Crippen LogP) is 3.19. The van der Waals surface area contributed by atoms with Gasteiger partial charge in [0, 0.05) is 17.6 Å². The lowest BCUT2D eigenvalue weighted by molar-refractivity contribution is -0.114. The third-order valence-electron chi connectivity index (χ3n) is 1.98. The van der Waals surface area contributed by atoms with Crippen LogP contribution in [0.1, 0.15) is 12.5 Å². The minimum Gasteiger partial charge on any atom is -0.324 e. The molecular weight excluding hydrogens is 309 g/mol. The van der Waals surface area contributed by atoms with Crippen LogP contribution < -0.4 is 5.32 Å². The van der Waals surface area contributed by atoms with Crippen molar-refractivity contribution in [1.82, 2.24) is 0 Å². The van der Waals surface area contributed by atoms with E-state index in [-0.39, 0.29) is 32.1 Å². The Morgan fingerprint density at radius 1 is 1.35 bits per heavy atom. The van der Waals surface area contributed by atoms with Gasteiger partial charge in [0.1, 0.15) is 0 Å². The van der Waals surface area contributed by atoms with E-state index in [1.54, 1.807) is 0 Å². The van der Waals surface area contributed by atoms with E-state index in [1.165, 1.54) is 13.8 Å². The van der Waals surface area contributed by atoms with Crippen LogP contribution in [0.2, 0.25) is 10.0 Å². The molecule has 0 saturated carbocycles. The quantitative estimate of drug-likeness (QED) is 0.852. The Hall–Kier alpha value is -0.490. The Morgan fingerprint density at radius 2 is 1.88 bits per heavy atom. The minimum absolute atomic E-state index is 0.00928. The topological polar surface area (TPSA) is 63.2 Å². The smallest absolute Gasteiger partial charge is 0.261 e. The molecule has 17 heavy (non-hydrogen) atoms. The molecule has 0 saturated heterocycles. The number of nitrogens with one attached hydrogen (secondary N) is 1. The third-order valence-corrected chi connectivity index (χ3v) is 4.20. The molecule has 0 unspecified atom stereocenters. The van der Waals surface area contributed by atoms with E-state index in [9.17, 15) is 13.2 Å². The van der Waals surface area contributed by atoms with E-state index in [0.717, 1.165) is 6.07 Å². The first-order valence-electron chi connectivity index (χ1n) is 4.35. The lowest BCUT2D eigenvalue weighted by Gasteiger charge is -2.12. The lowest BCUT2D eigenvalue weighted by atomic mass is 10.2. The van der Waals surface area contributed by atoms with E-state index in [1.807, 2.05) is 0 Å². The normalized spacial score (nSPS) is 11.4. The molecule has 94 valence electrons. The number of hydrogen-bond donors (Lipinski definition) is 1. The molecule has 0 atom stereocenters. The number of anilines is 1. The summed E-state index contributed by atoms with van der Waals surface area (Å²) < 4.78 is 22.5. The molecule has 0 aliphatic rings. The van der Waals surface area contributed by atoms with Crippen molar-refractivity contribution in [2.45, 2.75) is 18.7 Å². The number of hydrogen-bond acceptors (Lipinski definition) is 3. The summed E-state index contributed by atoms with van der Waals surface area (Å²) in [6, 6.07) is 1.15. The van der Waals surface area contributed by atoms with Crippen LogP contribution >= 0.6 is 33.9 Å². The number of rotatable bonds is 2. The minimum atomic E-state index is -3.93. The van der Waals surface area contributed by atoms with Crippen molar-refractivity contribution in [3.8, 4) is 0 Å². The number of amides is 1. The zero-order valence-electron chi connectivity index (χ0n) is 8.84. The molecule has 0 spiro atoms. The van der Waals surface area contributed by atoms with Crippen molar-refractivity contribution in [3.63, 3.8) is 0 Å². The fourth-order valence-corrected chi connectivity index (χ4v) is 3.12. The summed E-state index contributed by atoms with van der Waals surface area (Å²) in [5.41, 5.74) is 0.400. The third kappa shape index (κ3) is 3.25. The maximum Gasteiger partial charge on any atom is 0.261 e. The predicted molar refractivity (Wildman–Crippen MR) is 68.5 cm³/mol. The van der Waals surface area contributed by atoms with Gasteiger partial charge in [0.15, 0.2) is 0 Å². The molecular formula is C9H8Cl3NO3S. The van der Waals surface area contributed by atoms with Crippen LogP contribution in [0.5, 0.6) is 0 Å². The molecule has 1 aromatic rings. The maximum absolute atomic E-state index is 11.3. The SMILES string of the molecule is CC(=O)Nc1c(Cl)cc(S(=O)(=O)Cl)c(C)c1Cl. The molecule has 0 radical (unpaired) electrons. The molecule has 0 heterocycles. The fraction of sp³-hybridized carbons (Fsp3) is 0.222. The Labute approximate surface area is 113 Å². The van der Waals surface area contributed by atoms with E-state index in [4.69, 9.17) is 33.9 Å². The van der Waals surface area contributed by atoms with Crippen LogP contribution in [0.3, 0.4) is 0 Å². The second kappa shape index (κ2) is 5.02. The van der Waals surface area contributed by atoms with E-state index in [0.29, 0.717) is 0 Å². The summed E-state index contributed by atoms with van der Waals surface area (Å²) in [7, 11) is 1.30. The molecule has 0 fully saturated rings. The molecule has 0 bridgehead atoms. The number of halogens is 3. The highest BCUT2D eigenvalue weighted by Crippen LogP contribution is 2.38. The monoisotopic (exact) mass is 315 g/mol. The Morgan fingerprint density at radius 3 is 2.29 bits per heavy atom. The van der Waals surface area contributed by atoms with Gasteiger partial charge in [0.05, 0.1) is 20.6 Å². The van der Waals surface area contributed by atoms with Crippen LogP contribution in [0, 0.1) is 6.92 Å². The van der Waals surface area contributed by atoms with Gasteiger partial charge in [-0.1, -0.05) is 23.2 Å². The second-order valence-electron chi connectivity index (χ2n) is 3.29. The van der Waals surface area contributed by atoms with Crippen molar-refractivity contribution in [2.75, 3.05) is 5.32 Å². The van der Waals surface area contributed by atoms with Crippen molar-refractivity contribution >= 4 is 54.5 Å². The summed E-state index contributed by atoms with van der Waals surface area (Å²) in [4.78, 5) is 10.8. The molecule has 4 nitrogen and oxygen atoms in total. The second-order valence-corrected chi connectivity index (χ2v) is 6.61. The van der Waals surface area contributed by atoms with E-state index >= 15 is 0 Å². The molecule has 1 N–H and O–H groups in total. The first kappa shape index (κ1) is 14.6. The molecule has 8 heteroatoms. The maximum atomic E-state index is 11.3. The van der Waals surface area contributed by atoms with Gasteiger partial charge < -0.3 is 5.32 Å². The van der Waals surface area contributed by atoms with Crippen LogP contribution in [0.4, 0.5) is 5.69 Å². The largest absolute Gasteiger partial charge is 0.324 e. The summed E-state index contributed by atoms with van der Waals surface area (Å²) in [5.74, 6) is -0.366. The molecule has 1 aromatic carbocycles. The highest BCUT2D eigenvalue weighted by molar-refractivity contribution is 8.13. The van der Waals surface area contributed by atoms with Gasteiger partial charge in [0.2, 0.25) is 5.91 Å². The summed E-state index contributed by atoms with van der Waals surface area (Å²) in [6.45, 7) is 2.76. The Kier molecular flexibility index (Phi) is 4.30. The Balaban J connectivity index is 3.53. The summed E-state index contributed by atoms with van der Waals surface area (Å²) in [6.07, 6.45) is 0. The van der Waals surface area contributed by atoms with Crippen molar-refractivity contribution < 1.29 is 13.2 Å². The van der Waals surface area contributed by atoms with Crippen molar-refractivity contribution in [1.29, 1.82) is 0 Å². The molecule has 1 rings (SSSR count). The highest BCUT2D eigenvalue weighted by atomic mass is 35.7. The van der Waals surface area contributed by atoms with Crippen LogP contribution in [-0.4, -0.2) is 14.3 Å². The van der Waals surface area contributed by atoms with E-state index in [2.05, 4.69) is 5.32 Å². The van der Waals surface area contributed by atoms with Gasteiger partial charge in [-0.05, 0) is 18.6 Å². The molecule has 0 aliphatic heterocycles. The zero-order valence-corrected chi connectivity index (χ0v) is 11.9. The molecule has 1 amide bonds. The fourth-order valence-electron chi connectivity index (χ4n) is 1.24. The average Bonchev–Trinajstić information content (AvgIpc) is 2.16. The van der Waals surface area contributed by atoms with Crippen molar-refractivity contribution in [3.05, 3.63) is 21.7 Å². The first-order valence-corrected chi connectivity index (χ1v) is 7.42. The molecule has 0 aromatic heterocycles. The lowest BCUT2D eigenvalue weighted by Crippen LogP contribution is -2.08. The number of carbonyl (C=O) groups excluding carboxylic acids is 1. The first-order chi connectivity index (χ1) is 7.64. The summed E-state index contributed by atoms with van der Waals surface area (Å²) >= 11 is 11.8. The van der Waals surface area contributed by atoms with Crippen LogP contribution in [0.25, 0.3) is 0 Å². The standard InChI is InChI=1S/C9H8Cl3NO3S/c1-4-7(17(12,15)16)3-6(10)9(8(4)11)13-5(2)14/h3H,1-2H3,(H,13,14). The Bertz CT molecular complexity index is 584. The van der Waals surface area contributed by atoms with Gasteiger partial charge in [-0.2, -0.15) is 0 Å². The summed E-state index contributed by atoms with van der Waals surface area (Å²) in [5, 5.41) is 2.48. The number of carbonyl (C=O) groups is 1. The average molecular weight is 317 g/mol. The zero-order chi connectivity index (χ0) is 13.4. The van der Waals surface area contributed by atoms with Gasteiger partial charge >= 0.3 is 0 Å². The number of benzene rings is 1. The molecule has 0 aliphatic carbocycles. The van der Waals surface area contributed by atoms with Gasteiger partial charge in [0.25, 0.3) is 9.05 Å². The van der Waals surface area contributed by atoms with E-state index < -0.39 is 9.05 Å². The van der Waals surface area contributed by atoms with Crippen LogP contribution in [0.15, 0.2) is 11.0 Å². The van der Waals surface area contributed by atoms with Crippen LogP contribution in [-0.2, 0) is 13.8 Å². The highest BCUT2D eigenvalue weighted by Gasteiger charge is 2.21. The van der Waals surface area contributed by atoms with Gasteiger partial charge in [-0.25, -0.2) is 8.42 Å².